The van der Waals surface area contributed by atoms with Crippen molar-refractivity contribution < 1.29 is 13.6 Å². The van der Waals surface area contributed by atoms with Gasteiger partial charge in [0, 0.05) is 43.3 Å². The van der Waals surface area contributed by atoms with Crippen LogP contribution in [-0.2, 0) is 4.79 Å². The molecule has 2 aliphatic heterocycles. The molecule has 10 heteroatoms. The number of halogens is 5. The molecule has 1 aromatic rings. The molecule has 1 aromatic heterocycles. The Hall–Kier alpha value is -0.700. The van der Waals surface area contributed by atoms with Crippen LogP contribution in [0.3, 0.4) is 0 Å². The maximum Gasteiger partial charge on any atom is 0.262 e. The lowest BCUT2D eigenvalue weighted by Crippen LogP contribution is -2.53. The average Bonchev–Trinajstić information content (AvgIpc) is 2.88. The lowest BCUT2D eigenvalue weighted by atomic mass is 10.1. The maximum atomic E-state index is 13.2. The minimum absolute atomic E-state index is 0. The van der Waals surface area contributed by atoms with E-state index in [1.54, 1.807) is 11.1 Å². The SMILES string of the molecule is Cl.Cl.O=C(C1CC(F)(F)CN1)N1CCN(c2ccc(Br)cn2)CC1. The lowest BCUT2D eigenvalue weighted by molar-refractivity contribution is -0.134. The molecule has 2 aliphatic rings. The van der Waals surface area contributed by atoms with E-state index in [0.717, 1.165) is 10.3 Å². The van der Waals surface area contributed by atoms with Gasteiger partial charge in [0.15, 0.2) is 0 Å². The molecular formula is C14H19BrCl2F2N4O. The molecular weight excluding hydrogens is 429 g/mol. The third-order valence-corrected chi connectivity index (χ3v) is 4.50. The molecule has 1 atom stereocenters. The molecule has 0 bridgehead atoms. The van der Waals surface area contributed by atoms with E-state index in [0.29, 0.717) is 26.2 Å². The van der Waals surface area contributed by atoms with Crippen molar-refractivity contribution in [2.45, 2.75) is 18.4 Å². The van der Waals surface area contributed by atoms with Gasteiger partial charge in [0.2, 0.25) is 5.91 Å². The van der Waals surface area contributed by atoms with Gasteiger partial charge < -0.3 is 9.80 Å². The smallest absolute Gasteiger partial charge is 0.262 e. The minimum atomic E-state index is -2.77. The van der Waals surface area contributed by atoms with Crippen LogP contribution in [-0.4, -0.2) is 60.5 Å². The topological polar surface area (TPSA) is 48.5 Å². The number of carbonyl (C=O) groups excluding carboxylic acids is 1. The van der Waals surface area contributed by atoms with Crippen molar-refractivity contribution >= 4 is 52.5 Å². The quantitative estimate of drug-likeness (QED) is 0.755. The van der Waals surface area contributed by atoms with E-state index in [2.05, 4.69) is 31.1 Å². The lowest BCUT2D eigenvalue weighted by Gasteiger charge is -2.36. The number of pyridine rings is 1. The highest BCUT2D eigenvalue weighted by Crippen LogP contribution is 2.26. The summed E-state index contributed by atoms with van der Waals surface area (Å²) in [6.07, 6.45) is 1.33. The van der Waals surface area contributed by atoms with E-state index in [9.17, 15) is 13.6 Å². The number of hydrogen-bond donors (Lipinski definition) is 1. The maximum absolute atomic E-state index is 13.2. The van der Waals surface area contributed by atoms with Crippen LogP contribution in [0, 0.1) is 0 Å². The molecule has 0 spiro atoms. The summed E-state index contributed by atoms with van der Waals surface area (Å²) in [4.78, 5) is 20.3. The van der Waals surface area contributed by atoms with Crippen molar-refractivity contribution in [1.29, 1.82) is 0 Å². The van der Waals surface area contributed by atoms with Gasteiger partial charge in [-0.3, -0.25) is 10.1 Å². The number of nitrogens with one attached hydrogen (secondary N) is 1. The molecule has 3 heterocycles. The number of anilines is 1. The minimum Gasteiger partial charge on any atom is -0.353 e. The van der Waals surface area contributed by atoms with Crippen molar-refractivity contribution in [2.24, 2.45) is 0 Å². The molecule has 2 saturated heterocycles. The summed E-state index contributed by atoms with van der Waals surface area (Å²) in [5, 5.41) is 2.62. The van der Waals surface area contributed by atoms with Crippen LogP contribution in [0.1, 0.15) is 6.42 Å². The molecule has 1 N–H and O–H groups in total. The highest BCUT2D eigenvalue weighted by Gasteiger charge is 2.43. The molecule has 136 valence electrons. The van der Waals surface area contributed by atoms with Crippen LogP contribution in [0.2, 0.25) is 0 Å². The van der Waals surface area contributed by atoms with Gasteiger partial charge in [0.25, 0.3) is 5.92 Å². The molecule has 1 amide bonds. The predicted molar refractivity (Wildman–Crippen MR) is 96.6 cm³/mol. The first-order valence-electron chi connectivity index (χ1n) is 7.21. The van der Waals surface area contributed by atoms with Crippen molar-refractivity contribution in [2.75, 3.05) is 37.6 Å². The predicted octanol–water partition coefficient (Wildman–Crippen LogP) is 2.33. The fourth-order valence-corrected chi connectivity index (χ4v) is 3.06. The van der Waals surface area contributed by atoms with E-state index in [4.69, 9.17) is 0 Å². The largest absolute Gasteiger partial charge is 0.353 e. The standard InChI is InChI=1S/C14H17BrF2N4O.2ClH/c15-10-1-2-12(18-8-10)20-3-5-21(6-4-20)13(22)11-7-14(16,17)9-19-11;;/h1-2,8,11,19H,3-7,9H2;2*1H. The molecule has 2 fully saturated rings. The van der Waals surface area contributed by atoms with Crippen molar-refractivity contribution in [3.8, 4) is 0 Å². The molecule has 0 aromatic carbocycles. The van der Waals surface area contributed by atoms with Crippen molar-refractivity contribution in [3.63, 3.8) is 0 Å². The van der Waals surface area contributed by atoms with Gasteiger partial charge in [-0.15, -0.1) is 24.8 Å². The molecule has 0 saturated carbocycles. The summed E-state index contributed by atoms with van der Waals surface area (Å²) in [6.45, 7) is 1.96. The van der Waals surface area contributed by atoms with Gasteiger partial charge in [0.1, 0.15) is 5.82 Å². The Morgan fingerprint density at radius 1 is 1.25 bits per heavy atom. The first kappa shape index (κ1) is 21.3. The first-order valence-corrected chi connectivity index (χ1v) is 8.00. The van der Waals surface area contributed by atoms with Gasteiger partial charge in [0.05, 0.1) is 12.6 Å². The summed E-state index contributed by atoms with van der Waals surface area (Å²) in [5.41, 5.74) is 0. The highest BCUT2D eigenvalue weighted by atomic mass is 79.9. The Bertz CT molecular complexity index is 556. The second-order valence-electron chi connectivity index (χ2n) is 5.64. The number of rotatable bonds is 2. The first-order chi connectivity index (χ1) is 10.4. The van der Waals surface area contributed by atoms with Crippen LogP contribution in [0.4, 0.5) is 14.6 Å². The molecule has 24 heavy (non-hydrogen) atoms. The Kier molecular flexibility index (Phi) is 7.65. The molecule has 0 aliphatic carbocycles. The monoisotopic (exact) mass is 446 g/mol. The molecule has 3 rings (SSSR count). The highest BCUT2D eigenvalue weighted by molar-refractivity contribution is 9.10. The third kappa shape index (κ3) is 4.91. The number of hydrogen-bond acceptors (Lipinski definition) is 4. The van der Waals surface area contributed by atoms with Crippen LogP contribution in [0.5, 0.6) is 0 Å². The van der Waals surface area contributed by atoms with E-state index in [1.807, 2.05) is 12.1 Å². The van der Waals surface area contributed by atoms with Gasteiger partial charge in [-0.05, 0) is 28.1 Å². The van der Waals surface area contributed by atoms with Crippen LogP contribution >= 0.6 is 40.7 Å². The molecule has 1 unspecified atom stereocenters. The average molecular weight is 448 g/mol. The number of carbonyl (C=O) groups is 1. The summed E-state index contributed by atoms with van der Waals surface area (Å²) in [6, 6.07) is 3.08. The van der Waals surface area contributed by atoms with Crippen LogP contribution in [0.15, 0.2) is 22.8 Å². The number of piperazine rings is 1. The van der Waals surface area contributed by atoms with Gasteiger partial charge >= 0.3 is 0 Å². The zero-order valence-electron chi connectivity index (χ0n) is 12.8. The van der Waals surface area contributed by atoms with Gasteiger partial charge in [-0.1, -0.05) is 0 Å². The van der Waals surface area contributed by atoms with Gasteiger partial charge in [-0.25, -0.2) is 13.8 Å². The summed E-state index contributed by atoms with van der Waals surface area (Å²) < 4.78 is 27.3. The summed E-state index contributed by atoms with van der Waals surface area (Å²) in [7, 11) is 0. The Morgan fingerprint density at radius 2 is 1.92 bits per heavy atom. The van der Waals surface area contributed by atoms with E-state index < -0.39 is 24.9 Å². The van der Waals surface area contributed by atoms with E-state index >= 15 is 0 Å². The van der Waals surface area contributed by atoms with E-state index in [-0.39, 0.29) is 30.7 Å². The second-order valence-corrected chi connectivity index (χ2v) is 6.56. The number of alkyl halides is 2. The number of aromatic nitrogens is 1. The number of nitrogens with zero attached hydrogens (tertiary/aromatic N) is 3. The normalized spacial score (nSPS) is 22.5. The summed E-state index contributed by atoms with van der Waals surface area (Å²) >= 11 is 3.34. The Balaban J connectivity index is 0.00000144. The number of amides is 1. The van der Waals surface area contributed by atoms with Crippen molar-refractivity contribution in [1.82, 2.24) is 15.2 Å². The molecule has 5 nitrogen and oxygen atoms in total. The second kappa shape index (κ2) is 8.60. The zero-order valence-corrected chi connectivity index (χ0v) is 16.0. The van der Waals surface area contributed by atoms with Crippen LogP contribution in [0.25, 0.3) is 0 Å². The molecule has 0 radical (unpaired) electrons. The third-order valence-electron chi connectivity index (χ3n) is 4.04. The fourth-order valence-electron chi connectivity index (χ4n) is 2.82. The fraction of sp³-hybridized carbons (Fsp3) is 0.571. The Morgan fingerprint density at radius 3 is 2.42 bits per heavy atom. The summed E-state index contributed by atoms with van der Waals surface area (Å²) in [5.74, 6) is -2.13. The zero-order chi connectivity index (χ0) is 15.7. The van der Waals surface area contributed by atoms with Gasteiger partial charge in [-0.2, -0.15) is 0 Å². The van der Waals surface area contributed by atoms with Crippen molar-refractivity contribution in [3.05, 3.63) is 22.8 Å². The van der Waals surface area contributed by atoms with Crippen LogP contribution < -0.4 is 10.2 Å². The van der Waals surface area contributed by atoms with E-state index in [1.165, 1.54) is 0 Å². The Labute approximate surface area is 160 Å².